The number of rotatable bonds is 1. The molecule has 0 aromatic heterocycles. The van der Waals surface area contributed by atoms with Crippen molar-refractivity contribution < 1.29 is 4.79 Å². The van der Waals surface area contributed by atoms with Gasteiger partial charge < -0.3 is 16.0 Å². The maximum Gasteiger partial charge on any atom is 0.258 e. The summed E-state index contributed by atoms with van der Waals surface area (Å²) in [4.78, 5) is 14.1. The van der Waals surface area contributed by atoms with Crippen LogP contribution in [-0.2, 0) is 6.54 Å². The van der Waals surface area contributed by atoms with Crippen LogP contribution in [0.3, 0.4) is 0 Å². The molecule has 2 aliphatic heterocycles. The highest BCUT2D eigenvalue weighted by Crippen LogP contribution is 2.30. The highest BCUT2D eigenvalue weighted by atomic mass is 16.2. The van der Waals surface area contributed by atoms with Crippen molar-refractivity contribution >= 4 is 11.6 Å². The first-order valence-corrected chi connectivity index (χ1v) is 5.99. The quantitative estimate of drug-likeness (QED) is 0.739. The number of amides is 1. The normalized spacial score (nSPS) is 18.4. The molecule has 0 saturated carbocycles. The number of hydrogen-bond donors (Lipinski definition) is 2. The summed E-state index contributed by atoms with van der Waals surface area (Å²) in [6.07, 6.45) is 3.59. The summed E-state index contributed by atoms with van der Waals surface area (Å²) in [5.41, 5.74) is 10.1. The van der Waals surface area contributed by atoms with E-state index in [0.717, 1.165) is 35.4 Å². The second kappa shape index (κ2) is 3.91. The largest absolute Gasteiger partial charge is 0.399 e. The van der Waals surface area contributed by atoms with Gasteiger partial charge in [-0.05, 0) is 30.5 Å². The van der Waals surface area contributed by atoms with Crippen LogP contribution in [-0.4, -0.2) is 10.8 Å². The Balaban J connectivity index is 1.91. The maximum absolute atomic E-state index is 12.3. The molecule has 4 heteroatoms. The zero-order chi connectivity index (χ0) is 12.7. The maximum atomic E-state index is 12.3. The molecule has 0 spiro atoms. The van der Waals surface area contributed by atoms with E-state index in [2.05, 4.69) is 11.9 Å². The second-order valence-electron chi connectivity index (χ2n) is 4.69. The van der Waals surface area contributed by atoms with Gasteiger partial charge in [0.15, 0.2) is 0 Å². The lowest BCUT2D eigenvalue weighted by molar-refractivity contribution is 0.0819. The molecule has 0 aliphatic carbocycles. The van der Waals surface area contributed by atoms with Crippen LogP contribution in [0.25, 0.3) is 0 Å². The Morgan fingerprint density at radius 2 is 2.17 bits per heavy atom. The molecule has 0 bridgehead atoms. The first-order chi connectivity index (χ1) is 8.65. The number of nitrogens with zero attached hydrogens (tertiary/aromatic N) is 1. The average Bonchev–Trinajstić information content (AvgIpc) is 2.68. The molecule has 0 radical (unpaired) electrons. The molecule has 0 atom stereocenters. The van der Waals surface area contributed by atoms with Crippen LogP contribution in [0.15, 0.2) is 42.4 Å². The molecule has 3 N–H and O–H groups in total. The van der Waals surface area contributed by atoms with Crippen molar-refractivity contribution in [3.8, 4) is 0 Å². The molecule has 0 fully saturated rings. The lowest BCUT2D eigenvalue weighted by Gasteiger charge is -2.24. The summed E-state index contributed by atoms with van der Waals surface area (Å²) in [6, 6.07) is 5.52. The first-order valence-electron chi connectivity index (χ1n) is 5.99. The number of carbonyl (C=O) groups excluding carboxylic acids is 1. The first kappa shape index (κ1) is 10.9. The number of carbonyl (C=O) groups is 1. The van der Waals surface area contributed by atoms with Crippen LogP contribution in [0.1, 0.15) is 28.8 Å². The van der Waals surface area contributed by atoms with Crippen molar-refractivity contribution in [2.24, 2.45) is 0 Å². The molecule has 0 unspecified atom stereocenters. The number of fused-ring (bicyclic) bond motifs is 1. The molecule has 0 saturated heterocycles. The van der Waals surface area contributed by atoms with E-state index in [1.807, 2.05) is 23.2 Å². The highest BCUT2D eigenvalue weighted by Gasteiger charge is 2.30. The fourth-order valence-electron chi connectivity index (χ4n) is 2.37. The summed E-state index contributed by atoms with van der Waals surface area (Å²) in [7, 11) is 0. The van der Waals surface area contributed by atoms with Crippen molar-refractivity contribution in [2.45, 2.75) is 19.4 Å². The van der Waals surface area contributed by atoms with Crippen LogP contribution in [0.4, 0.5) is 5.69 Å². The summed E-state index contributed by atoms with van der Waals surface area (Å²) < 4.78 is 0. The summed E-state index contributed by atoms with van der Waals surface area (Å²) >= 11 is 0. The Morgan fingerprint density at radius 3 is 2.89 bits per heavy atom. The van der Waals surface area contributed by atoms with Crippen LogP contribution >= 0.6 is 0 Å². The van der Waals surface area contributed by atoms with Gasteiger partial charge in [-0.25, -0.2) is 0 Å². The fourth-order valence-corrected chi connectivity index (χ4v) is 2.37. The Labute approximate surface area is 106 Å². The third-order valence-corrected chi connectivity index (χ3v) is 3.41. The number of nitrogens with two attached hydrogens (primary N) is 1. The Kier molecular flexibility index (Phi) is 2.37. The molecule has 2 aliphatic rings. The third-order valence-electron chi connectivity index (χ3n) is 3.41. The molecule has 18 heavy (non-hydrogen) atoms. The van der Waals surface area contributed by atoms with Crippen LogP contribution in [0.5, 0.6) is 0 Å². The summed E-state index contributed by atoms with van der Waals surface area (Å²) in [5, 5.41) is 3.09. The van der Waals surface area contributed by atoms with Gasteiger partial charge in [-0.1, -0.05) is 12.6 Å². The SMILES string of the molecule is C=C1CCC(N2Cc3ccc(N)cc3C2=O)=CN1. The predicted octanol–water partition coefficient (Wildman–Crippen LogP) is 1.96. The van der Waals surface area contributed by atoms with E-state index in [1.165, 1.54) is 0 Å². The zero-order valence-electron chi connectivity index (χ0n) is 10.1. The standard InChI is InChI=1S/C14H15N3O/c1-9-2-5-12(7-16-9)17-8-10-3-4-11(15)6-13(10)14(17)18/h3-4,6-7,16H,1-2,5,8,15H2. The van der Waals surface area contributed by atoms with E-state index in [1.54, 1.807) is 6.07 Å². The van der Waals surface area contributed by atoms with Crippen molar-refractivity contribution in [1.82, 2.24) is 10.2 Å². The molecule has 1 aromatic rings. The summed E-state index contributed by atoms with van der Waals surface area (Å²) in [6.45, 7) is 4.50. The van der Waals surface area contributed by atoms with Crippen LogP contribution in [0, 0.1) is 0 Å². The lowest BCUT2D eigenvalue weighted by atomic mass is 10.1. The van der Waals surface area contributed by atoms with Crippen molar-refractivity contribution in [2.75, 3.05) is 5.73 Å². The van der Waals surface area contributed by atoms with Gasteiger partial charge in [0, 0.05) is 28.8 Å². The Morgan fingerprint density at radius 1 is 1.33 bits per heavy atom. The van der Waals surface area contributed by atoms with E-state index >= 15 is 0 Å². The molecular weight excluding hydrogens is 226 g/mol. The van der Waals surface area contributed by atoms with E-state index in [4.69, 9.17) is 5.73 Å². The molecule has 1 aromatic carbocycles. The minimum absolute atomic E-state index is 0.0397. The monoisotopic (exact) mass is 241 g/mol. The topological polar surface area (TPSA) is 58.4 Å². The predicted molar refractivity (Wildman–Crippen MR) is 70.3 cm³/mol. The van der Waals surface area contributed by atoms with Gasteiger partial charge in [-0.2, -0.15) is 0 Å². The molecule has 2 heterocycles. The van der Waals surface area contributed by atoms with Crippen LogP contribution < -0.4 is 11.1 Å². The van der Waals surface area contributed by atoms with Gasteiger partial charge in [0.2, 0.25) is 0 Å². The number of benzene rings is 1. The van der Waals surface area contributed by atoms with E-state index < -0.39 is 0 Å². The van der Waals surface area contributed by atoms with Crippen molar-refractivity contribution in [3.05, 3.63) is 53.5 Å². The van der Waals surface area contributed by atoms with E-state index in [0.29, 0.717) is 12.2 Å². The lowest BCUT2D eigenvalue weighted by Crippen LogP contribution is -2.27. The number of nitrogen functional groups attached to an aromatic ring is 1. The highest BCUT2D eigenvalue weighted by molar-refractivity contribution is 6.00. The molecule has 1 amide bonds. The number of anilines is 1. The number of hydrogen-bond acceptors (Lipinski definition) is 3. The fraction of sp³-hybridized carbons (Fsp3) is 0.214. The second-order valence-corrected chi connectivity index (χ2v) is 4.69. The molecule has 4 nitrogen and oxygen atoms in total. The zero-order valence-corrected chi connectivity index (χ0v) is 10.1. The molecular formula is C14H15N3O. The van der Waals surface area contributed by atoms with Gasteiger partial charge >= 0.3 is 0 Å². The van der Waals surface area contributed by atoms with Crippen molar-refractivity contribution in [3.63, 3.8) is 0 Å². The Bertz CT molecular complexity index is 574. The third kappa shape index (κ3) is 1.66. The van der Waals surface area contributed by atoms with E-state index in [9.17, 15) is 4.79 Å². The van der Waals surface area contributed by atoms with Crippen molar-refractivity contribution in [1.29, 1.82) is 0 Å². The molecule has 3 rings (SSSR count). The average molecular weight is 241 g/mol. The van der Waals surface area contributed by atoms with Crippen LogP contribution in [0.2, 0.25) is 0 Å². The number of allylic oxidation sites excluding steroid dienone is 2. The van der Waals surface area contributed by atoms with Gasteiger partial charge in [-0.15, -0.1) is 0 Å². The smallest absolute Gasteiger partial charge is 0.258 e. The summed E-state index contributed by atoms with van der Waals surface area (Å²) in [5.74, 6) is 0.0397. The van der Waals surface area contributed by atoms with Gasteiger partial charge in [0.25, 0.3) is 5.91 Å². The van der Waals surface area contributed by atoms with Gasteiger partial charge in [0.1, 0.15) is 0 Å². The van der Waals surface area contributed by atoms with E-state index in [-0.39, 0.29) is 5.91 Å². The Hall–Kier alpha value is -2.23. The van der Waals surface area contributed by atoms with Gasteiger partial charge in [0.05, 0.1) is 6.54 Å². The number of nitrogens with one attached hydrogen (secondary N) is 1. The molecule has 92 valence electrons. The minimum Gasteiger partial charge on any atom is -0.399 e. The van der Waals surface area contributed by atoms with Gasteiger partial charge in [-0.3, -0.25) is 4.79 Å². The minimum atomic E-state index is 0.0397.